The molecule has 422 valence electrons. The molecule has 0 radical (unpaired) electrons. The first-order valence-corrected chi connectivity index (χ1v) is 29.2. The van der Waals surface area contributed by atoms with E-state index >= 15 is 0 Å². The molecule has 5 aliphatic heterocycles. The maximum Gasteiger partial charge on any atom is 0.176 e. The van der Waals surface area contributed by atoms with Crippen LogP contribution in [0.5, 0.6) is 0 Å². The molecule has 5 unspecified atom stereocenters. The molecule has 5 fully saturated rings. The number of hydrogen-bond acceptors (Lipinski definition) is 13. The predicted octanol–water partition coefficient (Wildman–Crippen LogP) is 10.6. The van der Waals surface area contributed by atoms with Crippen LogP contribution in [0.3, 0.4) is 0 Å². The van der Waals surface area contributed by atoms with E-state index < -0.39 is 0 Å². The zero-order valence-corrected chi connectivity index (χ0v) is 47.1. The lowest BCUT2D eigenvalue weighted by atomic mass is 10.0. The number of likely N-dealkylation sites (tertiary alicyclic amines) is 3. The highest BCUT2D eigenvalue weighted by Gasteiger charge is 2.28. The topological polar surface area (TPSA) is 149 Å². The Morgan fingerprint density at radius 2 is 0.610 bits per heavy atom. The van der Waals surface area contributed by atoms with Gasteiger partial charge in [0.15, 0.2) is 17.3 Å². The standard InChI is InChI=1S/3C17H18N2O.2C9H12N2/c3*20-17(14-5-2-1-3-6-14)13-19-10-8-16(12-19)15-7-4-9-18-11-15;2*1-2-8(6-10-4-1)9-3-5-11-7-9/h3*1-7,9,11,16H,8,10,12-13H2;2*1-2,4,6,9,11H,3,5,7H2. The Balaban J connectivity index is 0.000000126. The van der Waals surface area contributed by atoms with Gasteiger partial charge >= 0.3 is 0 Å². The molecule has 8 aromatic rings. The third-order valence-corrected chi connectivity index (χ3v) is 16.1. The first kappa shape index (κ1) is 58.9. The third-order valence-electron chi connectivity index (χ3n) is 16.1. The van der Waals surface area contributed by atoms with Crippen LogP contribution in [-0.2, 0) is 0 Å². The summed E-state index contributed by atoms with van der Waals surface area (Å²) in [5, 5.41) is 6.69. The lowest BCUT2D eigenvalue weighted by molar-refractivity contribution is 0.0937. The van der Waals surface area contributed by atoms with Gasteiger partial charge in [-0.25, -0.2) is 0 Å². The van der Waals surface area contributed by atoms with Gasteiger partial charge in [0.05, 0.1) is 19.6 Å². The molecule has 5 saturated heterocycles. The van der Waals surface area contributed by atoms with Crippen molar-refractivity contribution in [2.75, 3.05) is 85.1 Å². The Labute approximate surface area is 484 Å². The molecule has 82 heavy (non-hydrogen) atoms. The second kappa shape index (κ2) is 32.0. The molecule has 13 heteroatoms. The number of ketones is 3. The molecule has 0 saturated carbocycles. The van der Waals surface area contributed by atoms with Crippen molar-refractivity contribution in [1.29, 1.82) is 0 Å². The van der Waals surface area contributed by atoms with Gasteiger partial charge in [-0.2, -0.15) is 0 Å². The third kappa shape index (κ3) is 18.4. The lowest BCUT2D eigenvalue weighted by Gasteiger charge is -2.15. The number of nitrogens with zero attached hydrogens (tertiary/aromatic N) is 8. The molecule has 13 rings (SSSR count). The van der Waals surface area contributed by atoms with Gasteiger partial charge in [0.25, 0.3) is 0 Å². The zero-order chi connectivity index (χ0) is 56.4. The molecule has 5 aromatic heterocycles. The monoisotopic (exact) mass is 1090 g/mol. The van der Waals surface area contributed by atoms with E-state index in [0.717, 1.165) is 101 Å². The Bertz CT molecular complexity index is 2780. The molecule has 0 spiro atoms. The highest BCUT2D eigenvalue weighted by atomic mass is 16.1. The van der Waals surface area contributed by atoms with Crippen molar-refractivity contribution in [3.63, 3.8) is 0 Å². The fourth-order valence-corrected chi connectivity index (χ4v) is 11.5. The van der Waals surface area contributed by atoms with Crippen LogP contribution < -0.4 is 10.6 Å². The maximum absolute atomic E-state index is 12.2. The van der Waals surface area contributed by atoms with Crippen LogP contribution >= 0.6 is 0 Å². The first-order valence-electron chi connectivity index (χ1n) is 29.2. The average molecular weight is 1100 g/mol. The van der Waals surface area contributed by atoms with Gasteiger partial charge < -0.3 is 10.6 Å². The smallest absolute Gasteiger partial charge is 0.176 e. The van der Waals surface area contributed by atoms with Crippen molar-refractivity contribution < 1.29 is 14.4 Å². The number of nitrogens with one attached hydrogen (secondary N) is 2. The van der Waals surface area contributed by atoms with E-state index in [2.05, 4.69) is 80.6 Å². The highest BCUT2D eigenvalue weighted by Crippen LogP contribution is 2.29. The molecule has 3 aromatic carbocycles. The highest BCUT2D eigenvalue weighted by molar-refractivity contribution is 5.98. The van der Waals surface area contributed by atoms with Gasteiger partial charge in [-0.3, -0.25) is 54.0 Å². The van der Waals surface area contributed by atoms with Crippen molar-refractivity contribution in [1.82, 2.24) is 50.3 Å². The zero-order valence-electron chi connectivity index (χ0n) is 47.1. The second-order valence-corrected chi connectivity index (χ2v) is 21.8. The predicted molar refractivity (Wildman–Crippen MR) is 325 cm³/mol. The van der Waals surface area contributed by atoms with E-state index in [1.165, 1.54) is 40.7 Å². The van der Waals surface area contributed by atoms with Crippen LogP contribution in [0, 0.1) is 0 Å². The summed E-state index contributed by atoms with van der Waals surface area (Å²) in [7, 11) is 0. The summed E-state index contributed by atoms with van der Waals surface area (Å²) in [6.07, 6.45) is 24.6. The Hall–Kier alpha value is -7.78. The van der Waals surface area contributed by atoms with Crippen LogP contribution in [-0.4, -0.2) is 142 Å². The molecular weight excluding hydrogens is 1020 g/mol. The van der Waals surface area contributed by atoms with Crippen LogP contribution in [0.4, 0.5) is 0 Å². The quantitative estimate of drug-likeness (QED) is 0.0996. The minimum Gasteiger partial charge on any atom is -0.316 e. The van der Waals surface area contributed by atoms with Crippen LogP contribution in [0.2, 0.25) is 0 Å². The SMILES string of the molecule is O=C(CN1CCC(c2cccnc2)C1)c1ccccc1.O=C(CN1CCC(c2cccnc2)C1)c1ccccc1.O=C(CN1CCC(c2cccnc2)C1)c1ccccc1.c1cncc(C2CCNC2)c1.c1cncc(C2CCNC2)c1. The van der Waals surface area contributed by atoms with E-state index in [4.69, 9.17) is 0 Å². The molecule has 0 aliphatic carbocycles. The number of carbonyl (C=O) groups is 3. The lowest BCUT2D eigenvalue weighted by Crippen LogP contribution is -2.27. The van der Waals surface area contributed by atoms with Crippen molar-refractivity contribution >= 4 is 17.3 Å². The largest absolute Gasteiger partial charge is 0.316 e. The number of pyridine rings is 5. The van der Waals surface area contributed by atoms with Crippen molar-refractivity contribution in [3.8, 4) is 0 Å². The molecule has 5 atom stereocenters. The summed E-state index contributed by atoms with van der Waals surface area (Å²) in [5.74, 6) is 3.53. The summed E-state index contributed by atoms with van der Waals surface area (Å²) >= 11 is 0. The summed E-state index contributed by atoms with van der Waals surface area (Å²) in [4.78, 5) is 64.0. The molecule has 2 N–H and O–H groups in total. The maximum atomic E-state index is 12.2. The Morgan fingerprint density at radius 3 is 0.841 bits per heavy atom. The summed E-state index contributed by atoms with van der Waals surface area (Å²) in [6.45, 7) is 11.9. The summed E-state index contributed by atoms with van der Waals surface area (Å²) in [5.41, 5.74) is 8.99. The second-order valence-electron chi connectivity index (χ2n) is 21.8. The molecule has 0 amide bonds. The van der Waals surface area contributed by atoms with E-state index in [9.17, 15) is 14.4 Å². The van der Waals surface area contributed by atoms with Crippen LogP contribution in [0.15, 0.2) is 214 Å². The van der Waals surface area contributed by atoms with Crippen molar-refractivity contribution in [2.24, 2.45) is 0 Å². The van der Waals surface area contributed by atoms with Crippen molar-refractivity contribution in [3.05, 3.63) is 258 Å². The average Bonchev–Trinajstić information content (AvgIpc) is 4.46. The number of benzene rings is 3. The molecular formula is C69H78N10O3. The minimum absolute atomic E-state index is 0.206. The van der Waals surface area contributed by atoms with Gasteiger partial charge in [-0.1, -0.05) is 121 Å². The minimum atomic E-state index is 0.206. The summed E-state index contributed by atoms with van der Waals surface area (Å²) in [6, 6.07) is 49.2. The fraction of sp³-hybridized carbons (Fsp3) is 0.333. The summed E-state index contributed by atoms with van der Waals surface area (Å²) < 4.78 is 0. The molecule has 13 nitrogen and oxygen atoms in total. The van der Waals surface area contributed by atoms with Crippen LogP contribution in [0.25, 0.3) is 0 Å². The number of rotatable bonds is 14. The van der Waals surface area contributed by atoms with E-state index in [1.807, 2.05) is 165 Å². The Kier molecular flexibility index (Phi) is 23.0. The van der Waals surface area contributed by atoms with Crippen LogP contribution in [0.1, 0.15) is 121 Å². The van der Waals surface area contributed by atoms with Gasteiger partial charge in [0.2, 0.25) is 0 Å². The molecule has 0 bridgehead atoms. The van der Waals surface area contributed by atoms with Gasteiger partial charge in [0, 0.05) is 111 Å². The van der Waals surface area contributed by atoms with Crippen molar-refractivity contribution in [2.45, 2.75) is 61.7 Å². The molecule has 5 aliphatic rings. The Morgan fingerprint density at radius 1 is 0.341 bits per heavy atom. The van der Waals surface area contributed by atoms with Gasteiger partial charge in [-0.05, 0) is 153 Å². The number of Topliss-reactive ketones (excluding diaryl/α,β-unsaturated/α-hetero) is 3. The number of carbonyl (C=O) groups excluding carboxylic acids is 3. The molecule has 10 heterocycles. The number of aromatic nitrogens is 5. The number of hydrogen-bond donors (Lipinski definition) is 2. The van der Waals surface area contributed by atoms with E-state index in [1.54, 1.807) is 18.6 Å². The van der Waals surface area contributed by atoms with E-state index in [-0.39, 0.29) is 17.3 Å². The van der Waals surface area contributed by atoms with Gasteiger partial charge in [0.1, 0.15) is 0 Å². The van der Waals surface area contributed by atoms with E-state index in [0.29, 0.717) is 49.2 Å². The van der Waals surface area contributed by atoms with Gasteiger partial charge in [-0.15, -0.1) is 0 Å². The fourth-order valence-electron chi connectivity index (χ4n) is 11.5. The first-order chi connectivity index (χ1) is 40.4. The normalized spacial score (nSPS) is 20.4.